The maximum absolute atomic E-state index is 11.6. The van der Waals surface area contributed by atoms with Crippen molar-refractivity contribution in [3.05, 3.63) is 11.8 Å². The van der Waals surface area contributed by atoms with E-state index in [4.69, 9.17) is 9.16 Å². The van der Waals surface area contributed by atoms with Crippen molar-refractivity contribution in [2.24, 2.45) is 5.92 Å². The first-order valence-electron chi connectivity index (χ1n) is 7.01. The Bertz CT molecular complexity index is 366. The summed E-state index contributed by atoms with van der Waals surface area (Å²) < 4.78 is 11.7. The van der Waals surface area contributed by atoms with Crippen molar-refractivity contribution < 1.29 is 14.0 Å². The summed E-state index contributed by atoms with van der Waals surface area (Å²) in [5.41, 5.74) is 0. The highest BCUT2D eigenvalue weighted by Crippen LogP contribution is 2.39. The number of hydrogen-bond donors (Lipinski definition) is 0. The average Bonchev–Trinajstić information content (AvgIpc) is 2.26. The molecule has 3 nitrogen and oxygen atoms in total. The monoisotopic (exact) mass is 284 g/mol. The third-order valence-corrected chi connectivity index (χ3v) is 8.82. The molecule has 0 saturated carbocycles. The summed E-state index contributed by atoms with van der Waals surface area (Å²) in [7, 11) is -0.134. The lowest BCUT2D eigenvalue weighted by Gasteiger charge is -2.39. The van der Waals surface area contributed by atoms with Gasteiger partial charge in [-0.15, -0.1) is 0 Å². The number of rotatable bonds is 4. The van der Waals surface area contributed by atoms with Gasteiger partial charge in [0.05, 0.1) is 11.9 Å². The van der Waals surface area contributed by atoms with Crippen molar-refractivity contribution in [2.75, 3.05) is 7.11 Å². The van der Waals surface area contributed by atoms with Gasteiger partial charge in [-0.05, 0) is 37.6 Å². The molecular weight excluding hydrogens is 256 g/mol. The molecule has 1 rings (SSSR count). The van der Waals surface area contributed by atoms with E-state index in [1.807, 2.05) is 6.08 Å². The zero-order valence-corrected chi connectivity index (χ0v) is 14.4. The number of carbonyl (C=O) groups is 1. The lowest BCUT2D eigenvalue weighted by molar-refractivity contribution is -0.124. The van der Waals surface area contributed by atoms with E-state index in [1.54, 1.807) is 14.0 Å². The number of hydrogen-bond acceptors (Lipinski definition) is 3. The molecule has 0 aromatic carbocycles. The first-order chi connectivity index (χ1) is 8.58. The molecule has 0 saturated heterocycles. The molecule has 110 valence electrons. The third kappa shape index (κ3) is 3.92. The van der Waals surface area contributed by atoms with Crippen LogP contribution < -0.4 is 0 Å². The summed E-state index contributed by atoms with van der Waals surface area (Å²) in [5.74, 6) is 1.20. The molecule has 0 bridgehead atoms. The quantitative estimate of drug-likeness (QED) is 0.734. The van der Waals surface area contributed by atoms with Gasteiger partial charge in [-0.3, -0.25) is 4.79 Å². The molecule has 2 atom stereocenters. The molecule has 1 aliphatic rings. The molecule has 0 radical (unpaired) electrons. The number of methoxy groups -OCH3 is 1. The van der Waals surface area contributed by atoms with E-state index >= 15 is 0 Å². The third-order valence-electron chi connectivity index (χ3n) is 4.44. The van der Waals surface area contributed by atoms with Gasteiger partial charge in [-0.1, -0.05) is 20.8 Å². The van der Waals surface area contributed by atoms with E-state index in [0.29, 0.717) is 0 Å². The summed E-state index contributed by atoms with van der Waals surface area (Å²) in [6.45, 7) is 12.8. The van der Waals surface area contributed by atoms with E-state index in [-0.39, 0.29) is 22.8 Å². The summed E-state index contributed by atoms with van der Waals surface area (Å²) in [6.07, 6.45) is 3.55. The Labute approximate surface area is 118 Å². The smallest absolute Gasteiger partial charge is 0.250 e. The first kappa shape index (κ1) is 16.4. The molecule has 4 heteroatoms. The molecule has 0 fully saturated rings. The van der Waals surface area contributed by atoms with Crippen LogP contribution in [0.1, 0.15) is 40.5 Å². The molecule has 1 aliphatic carbocycles. The zero-order valence-electron chi connectivity index (χ0n) is 13.4. The van der Waals surface area contributed by atoms with E-state index in [0.717, 1.165) is 18.6 Å². The van der Waals surface area contributed by atoms with Gasteiger partial charge in [0.1, 0.15) is 5.78 Å². The predicted octanol–water partition coefficient (Wildman–Crippen LogP) is 3.91. The fraction of sp³-hybridized carbons (Fsp3) is 0.800. The van der Waals surface area contributed by atoms with Gasteiger partial charge in [0, 0.05) is 19.4 Å². The van der Waals surface area contributed by atoms with Gasteiger partial charge in [0.15, 0.2) is 0 Å². The summed E-state index contributed by atoms with van der Waals surface area (Å²) >= 11 is 0. The second kappa shape index (κ2) is 5.79. The number of Topliss-reactive ketones (excluding diaryl/α,β-unsaturated/α-hetero) is 1. The van der Waals surface area contributed by atoms with Crippen LogP contribution in [0.2, 0.25) is 18.1 Å². The molecule has 0 N–H and O–H groups in total. The topological polar surface area (TPSA) is 35.5 Å². The van der Waals surface area contributed by atoms with Gasteiger partial charge in [-0.2, -0.15) is 0 Å². The molecule has 19 heavy (non-hydrogen) atoms. The van der Waals surface area contributed by atoms with Crippen LogP contribution in [0.5, 0.6) is 0 Å². The molecule has 0 aliphatic heterocycles. The van der Waals surface area contributed by atoms with Crippen LogP contribution in [-0.4, -0.2) is 27.3 Å². The SMILES string of the molecule is CO[C@H]1C=C(O[Si](C)(C)C(C)(C)C)CCC1C(C)=O. The highest BCUT2D eigenvalue weighted by atomic mass is 28.4. The van der Waals surface area contributed by atoms with Crippen molar-refractivity contribution in [1.29, 1.82) is 0 Å². The van der Waals surface area contributed by atoms with Crippen molar-refractivity contribution in [1.82, 2.24) is 0 Å². The number of allylic oxidation sites excluding steroid dienone is 1. The lowest BCUT2D eigenvalue weighted by atomic mass is 9.88. The second-order valence-electron chi connectivity index (χ2n) is 6.95. The van der Waals surface area contributed by atoms with Gasteiger partial charge in [0.25, 0.3) is 0 Å². The number of carbonyl (C=O) groups excluding carboxylic acids is 1. The maximum Gasteiger partial charge on any atom is 0.250 e. The molecular formula is C15H28O3Si. The number of ether oxygens (including phenoxy) is 1. The zero-order chi connectivity index (χ0) is 14.8. The predicted molar refractivity (Wildman–Crippen MR) is 80.6 cm³/mol. The van der Waals surface area contributed by atoms with Gasteiger partial charge in [-0.25, -0.2) is 0 Å². The van der Waals surface area contributed by atoms with E-state index < -0.39 is 8.32 Å². The summed E-state index contributed by atoms with van der Waals surface area (Å²) in [6, 6.07) is 0. The Kier molecular flexibility index (Phi) is 5.01. The van der Waals surface area contributed by atoms with Crippen LogP contribution in [0.25, 0.3) is 0 Å². The van der Waals surface area contributed by atoms with Crippen LogP contribution in [-0.2, 0) is 14.0 Å². The van der Waals surface area contributed by atoms with Crippen molar-refractivity contribution in [3.63, 3.8) is 0 Å². The molecule has 1 unspecified atom stereocenters. The Hall–Kier alpha value is -0.613. The Balaban J connectivity index is 2.84. The van der Waals surface area contributed by atoms with Crippen LogP contribution in [0.15, 0.2) is 11.8 Å². The van der Waals surface area contributed by atoms with Gasteiger partial charge < -0.3 is 9.16 Å². The first-order valence-corrected chi connectivity index (χ1v) is 9.92. The van der Waals surface area contributed by atoms with Crippen LogP contribution in [0.4, 0.5) is 0 Å². The van der Waals surface area contributed by atoms with Gasteiger partial charge >= 0.3 is 0 Å². The average molecular weight is 284 g/mol. The van der Waals surface area contributed by atoms with Crippen molar-refractivity contribution >= 4 is 14.1 Å². The van der Waals surface area contributed by atoms with Crippen LogP contribution in [0, 0.1) is 5.92 Å². The fourth-order valence-electron chi connectivity index (χ4n) is 2.08. The normalized spacial score (nSPS) is 24.9. The number of ketones is 1. The van der Waals surface area contributed by atoms with Crippen molar-refractivity contribution in [3.8, 4) is 0 Å². The second-order valence-corrected chi connectivity index (χ2v) is 11.7. The molecule has 0 aromatic rings. The summed E-state index contributed by atoms with van der Waals surface area (Å²) in [5, 5.41) is 0.188. The molecule has 0 aromatic heterocycles. The summed E-state index contributed by atoms with van der Waals surface area (Å²) in [4.78, 5) is 11.6. The van der Waals surface area contributed by atoms with Gasteiger partial charge in [0.2, 0.25) is 8.32 Å². The van der Waals surface area contributed by atoms with E-state index in [2.05, 4.69) is 33.9 Å². The minimum absolute atomic E-state index is 0.0169. The van der Waals surface area contributed by atoms with Crippen molar-refractivity contribution in [2.45, 2.75) is 64.8 Å². The lowest BCUT2D eigenvalue weighted by Crippen LogP contribution is -2.41. The fourth-order valence-corrected chi connectivity index (χ4v) is 3.21. The molecule has 0 spiro atoms. The highest BCUT2D eigenvalue weighted by molar-refractivity contribution is 6.74. The molecule has 0 amide bonds. The Morgan fingerprint density at radius 1 is 1.37 bits per heavy atom. The van der Waals surface area contributed by atoms with E-state index in [1.165, 1.54) is 0 Å². The standard InChI is InChI=1S/C15H28O3Si/c1-11(16)13-9-8-12(10-14(13)17-5)18-19(6,7)15(2,3)4/h10,13-14H,8-9H2,1-7H3/t13?,14-/m0/s1. The Morgan fingerprint density at radius 2 is 1.95 bits per heavy atom. The van der Waals surface area contributed by atoms with E-state index in [9.17, 15) is 4.79 Å². The minimum atomic E-state index is -1.79. The maximum atomic E-state index is 11.6. The minimum Gasteiger partial charge on any atom is -0.547 e. The highest BCUT2D eigenvalue weighted by Gasteiger charge is 2.40. The largest absolute Gasteiger partial charge is 0.547 e. The van der Waals surface area contributed by atoms with Crippen LogP contribution in [0.3, 0.4) is 0 Å². The molecule has 0 heterocycles. The van der Waals surface area contributed by atoms with Crippen LogP contribution >= 0.6 is 0 Å². The Morgan fingerprint density at radius 3 is 2.37 bits per heavy atom.